The van der Waals surface area contributed by atoms with Crippen LogP contribution in [0.4, 0.5) is 17.2 Å². The Balaban J connectivity index is 1.15. The van der Waals surface area contributed by atoms with Gasteiger partial charge in [0.1, 0.15) is 17.3 Å². The minimum Gasteiger partial charge on any atom is -0.372 e. The van der Waals surface area contributed by atoms with Crippen molar-refractivity contribution in [2.45, 2.75) is 25.7 Å². The van der Waals surface area contributed by atoms with Gasteiger partial charge in [0.2, 0.25) is 5.91 Å². The first-order valence-electron chi connectivity index (χ1n) is 13.4. The zero-order valence-corrected chi connectivity index (χ0v) is 23.0. The van der Waals surface area contributed by atoms with Crippen LogP contribution in [-0.4, -0.2) is 66.2 Å². The van der Waals surface area contributed by atoms with Crippen molar-refractivity contribution in [1.82, 2.24) is 14.5 Å². The Morgan fingerprint density at radius 3 is 2.32 bits per heavy atom. The number of carbonyl (C=O) groups is 1. The fraction of sp³-hybridized carbons (Fsp3) is 0.379. The number of nitrogens with one attached hydrogen (secondary N) is 1. The molecule has 0 spiro atoms. The minimum atomic E-state index is 0.0656. The van der Waals surface area contributed by atoms with E-state index in [2.05, 4.69) is 56.9 Å². The summed E-state index contributed by atoms with van der Waals surface area (Å²) in [5.74, 6) is 2.15. The third-order valence-corrected chi connectivity index (χ3v) is 8.38. The lowest BCUT2D eigenvalue weighted by molar-refractivity contribution is -0.129. The number of amides is 1. The van der Waals surface area contributed by atoms with E-state index in [0.29, 0.717) is 36.2 Å². The van der Waals surface area contributed by atoms with E-state index in [1.54, 1.807) is 0 Å². The van der Waals surface area contributed by atoms with Gasteiger partial charge in [-0.1, -0.05) is 54.4 Å². The SMILES string of the molecule is CC1C=Cn2c1nc(-c1ccc(N3CCCC3)cc1)c2NCC(=O)N1CCN(c2c(Cl)cccc2Cl)CC1. The number of nitrogens with zero attached hydrogens (tertiary/aromatic N) is 5. The zero-order valence-electron chi connectivity index (χ0n) is 21.5. The normalized spacial score (nSPS) is 18.8. The Hall–Kier alpha value is -3.16. The maximum Gasteiger partial charge on any atom is 0.242 e. The fourth-order valence-electron chi connectivity index (χ4n) is 5.64. The quantitative estimate of drug-likeness (QED) is 0.420. The number of halogens is 2. The van der Waals surface area contributed by atoms with Crippen molar-refractivity contribution in [3.63, 3.8) is 0 Å². The molecule has 2 aromatic carbocycles. The summed E-state index contributed by atoms with van der Waals surface area (Å²) in [6, 6.07) is 14.2. The van der Waals surface area contributed by atoms with E-state index >= 15 is 0 Å². The molecule has 0 saturated carbocycles. The van der Waals surface area contributed by atoms with Crippen molar-refractivity contribution >= 4 is 52.5 Å². The Kier molecular flexibility index (Phi) is 6.97. The average Bonchev–Trinajstić information content (AvgIpc) is 3.67. The number of fused-ring (bicyclic) bond motifs is 1. The van der Waals surface area contributed by atoms with E-state index in [1.165, 1.54) is 18.5 Å². The third-order valence-electron chi connectivity index (χ3n) is 7.77. The molecule has 4 heterocycles. The van der Waals surface area contributed by atoms with Gasteiger partial charge in [0.25, 0.3) is 0 Å². The second-order valence-electron chi connectivity index (χ2n) is 10.2. The van der Waals surface area contributed by atoms with Crippen LogP contribution in [0.15, 0.2) is 48.5 Å². The highest BCUT2D eigenvalue weighted by Crippen LogP contribution is 2.37. The van der Waals surface area contributed by atoms with Crippen LogP contribution in [0.3, 0.4) is 0 Å². The molecule has 0 aliphatic carbocycles. The van der Waals surface area contributed by atoms with Crippen molar-refractivity contribution < 1.29 is 4.79 Å². The van der Waals surface area contributed by atoms with E-state index in [9.17, 15) is 4.79 Å². The number of benzene rings is 2. The summed E-state index contributed by atoms with van der Waals surface area (Å²) in [5, 5.41) is 4.70. The predicted octanol–water partition coefficient (Wildman–Crippen LogP) is 5.81. The van der Waals surface area contributed by atoms with Gasteiger partial charge in [0.15, 0.2) is 0 Å². The molecule has 38 heavy (non-hydrogen) atoms. The van der Waals surface area contributed by atoms with E-state index in [4.69, 9.17) is 28.2 Å². The molecule has 2 fully saturated rings. The van der Waals surface area contributed by atoms with Crippen LogP contribution >= 0.6 is 23.2 Å². The standard InChI is InChI=1S/C29H32Cl2N6O/c1-20-11-14-37-28(20)33-26(21-7-9-22(10-8-21)34-12-2-3-13-34)29(37)32-19-25(38)35-15-17-36(18-16-35)27-23(30)5-4-6-24(27)31/h4-11,14,20,32H,2-3,12-13,15-19H2,1H3. The Bertz CT molecular complexity index is 1330. The van der Waals surface area contributed by atoms with Gasteiger partial charge in [-0.3, -0.25) is 9.36 Å². The first-order chi connectivity index (χ1) is 18.5. The number of piperazine rings is 1. The lowest BCUT2D eigenvalue weighted by atomic mass is 10.1. The maximum absolute atomic E-state index is 13.2. The molecule has 1 amide bonds. The monoisotopic (exact) mass is 550 g/mol. The third kappa shape index (κ3) is 4.74. The van der Waals surface area contributed by atoms with Gasteiger partial charge in [0, 0.05) is 62.6 Å². The molecule has 1 atom stereocenters. The maximum atomic E-state index is 13.2. The molecule has 1 unspecified atom stereocenters. The number of para-hydroxylation sites is 1. The average molecular weight is 552 g/mol. The van der Waals surface area contributed by atoms with E-state index in [-0.39, 0.29) is 18.4 Å². The number of allylic oxidation sites excluding steroid dienone is 1. The molecule has 0 bridgehead atoms. The highest BCUT2D eigenvalue weighted by molar-refractivity contribution is 6.39. The molecule has 3 aromatic rings. The number of hydrogen-bond donors (Lipinski definition) is 1. The first-order valence-corrected chi connectivity index (χ1v) is 14.1. The molecule has 1 aromatic heterocycles. The Morgan fingerprint density at radius 1 is 0.947 bits per heavy atom. The van der Waals surface area contributed by atoms with Crippen LogP contribution < -0.4 is 15.1 Å². The van der Waals surface area contributed by atoms with Crippen LogP contribution in [0, 0.1) is 0 Å². The highest BCUT2D eigenvalue weighted by atomic mass is 35.5. The summed E-state index contributed by atoms with van der Waals surface area (Å²) >= 11 is 12.8. The van der Waals surface area contributed by atoms with Crippen LogP contribution in [-0.2, 0) is 4.79 Å². The Morgan fingerprint density at radius 2 is 1.63 bits per heavy atom. The molecule has 3 aliphatic rings. The van der Waals surface area contributed by atoms with Gasteiger partial charge in [-0.25, -0.2) is 4.98 Å². The number of anilines is 3. The number of aromatic nitrogens is 2. The summed E-state index contributed by atoms with van der Waals surface area (Å²) in [4.78, 5) is 24.7. The molecule has 1 N–H and O–H groups in total. The predicted molar refractivity (Wildman–Crippen MR) is 157 cm³/mol. The van der Waals surface area contributed by atoms with Gasteiger partial charge in [-0.05, 0) is 37.1 Å². The van der Waals surface area contributed by atoms with Crippen LogP contribution in [0.2, 0.25) is 10.0 Å². The molecular formula is C29H32Cl2N6O. The highest BCUT2D eigenvalue weighted by Gasteiger charge is 2.27. The summed E-state index contributed by atoms with van der Waals surface area (Å²) in [7, 11) is 0. The second kappa shape index (κ2) is 10.5. The fourth-order valence-corrected chi connectivity index (χ4v) is 6.28. The van der Waals surface area contributed by atoms with Crippen molar-refractivity contribution in [2.24, 2.45) is 0 Å². The summed E-state index contributed by atoms with van der Waals surface area (Å²) in [5.41, 5.74) is 4.04. The summed E-state index contributed by atoms with van der Waals surface area (Å²) < 4.78 is 2.08. The van der Waals surface area contributed by atoms with E-state index in [0.717, 1.165) is 41.7 Å². The van der Waals surface area contributed by atoms with Crippen molar-refractivity contribution in [1.29, 1.82) is 0 Å². The van der Waals surface area contributed by atoms with Crippen molar-refractivity contribution in [3.05, 3.63) is 64.4 Å². The number of imidazole rings is 1. The van der Waals surface area contributed by atoms with E-state index in [1.807, 2.05) is 29.3 Å². The number of carbonyl (C=O) groups excluding carboxylic acids is 1. The largest absolute Gasteiger partial charge is 0.372 e. The van der Waals surface area contributed by atoms with Crippen molar-refractivity contribution in [3.8, 4) is 11.3 Å². The van der Waals surface area contributed by atoms with Crippen molar-refractivity contribution in [2.75, 3.05) is 60.9 Å². The van der Waals surface area contributed by atoms with Gasteiger partial charge < -0.3 is 20.0 Å². The lowest BCUT2D eigenvalue weighted by Crippen LogP contribution is -2.50. The molecule has 2 saturated heterocycles. The molecule has 3 aliphatic heterocycles. The van der Waals surface area contributed by atoms with Crippen LogP contribution in [0.1, 0.15) is 31.5 Å². The van der Waals surface area contributed by atoms with E-state index < -0.39 is 0 Å². The molecule has 9 heteroatoms. The smallest absolute Gasteiger partial charge is 0.242 e. The lowest BCUT2D eigenvalue weighted by Gasteiger charge is -2.37. The first kappa shape index (κ1) is 25.1. The summed E-state index contributed by atoms with van der Waals surface area (Å²) in [6.07, 6.45) is 6.69. The molecule has 198 valence electrons. The molecular weight excluding hydrogens is 519 g/mol. The Labute approximate surface area is 233 Å². The number of rotatable bonds is 6. The topological polar surface area (TPSA) is 56.6 Å². The molecule has 0 radical (unpaired) electrons. The summed E-state index contributed by atoms with van der Waals surface area (Å²) in [6.45, 7) is 7.20. The van der Waals surface area contributed by atoms with Gasteiger partial charge in [-0.15, -0.1) is 0 Å². The van der Waals surface area contributed by atoms with Crippen LogP contribution in [0.25, 0.3) is 17.5 Å². The molecule has 6 rings (SSSR count). The van der Waals surface area contributed by atoms with Crippen LogP contribution in [0.5, 0.6) is 0 Å². The van der Waals surface area contributed by atoms with Gasteiger partial charge in [-0.2, -0.15) is 0 Å². The molecule has 7 nitrogen and oxygen atoms in total. The minimum absolute atomic E-state index is 0.0656. The van der Waals surface area contributed by atoms with Gasteiger partial charge >= 0.3 is 0 Å². The second-order valence-corrected chi connectivity index (χ2v) is 11.0. The zero-order chi connectivity index (χ0) is 26.2. The van der Waals surface area contributed by atoms with Gasteiger partial charge in [0.05, 0.1) is 22.3 Å². The number of hydrogen-bond acceptors (Lipinski definition) is 5.